The number of nitrogens with one attached hydrogen (secondary N) is 2. The first-order chi connectivity index (χ1) is 9.13. The second kappa shape index (κ2) is 8.91. The number of aliphatic carboxylic acids is 1. The summed E-state index contributed by atoms with van der Waals surface area (Å²) >= 11 is 0. The second-order valence-corrected chi connectivity index (χ2v) is 5.29. The molecule has 1 aliphatic heterocycles. The molecule has 0 aromatic heterocycles. The van der Waals surface area contributed by atoms with Crippen LogP contribution in [0.3, 0.4) is 0 Å². The zero-order valence-corrected chi connectivity index (χ0v) is 11.8. The average molecular weight is 270 g/mol. The van der Waals surface area contributed by atoms with Crippen LogP contribution in [0.4, 0.5) is 0 Å². The zero-order valence-electron chi connectivity index (χ0n) is 11.8. The lowest BCUT2D eigenvalue weighted by molar-refractivity contribution is -0.137. The third-order valence-electron chi connectivity index (χ3n) is 3.82. The Kier molecular flexibility index (Phi) is 7.48. The van der Waals surface area contributed by atoms with Crippen molar-refractivity contribution in [2.24, 2.45) is 5.92 Å². The van der Waals surface area contributed by atoms with Crippen molar-refractivity contribution in [2.75, 3.05) is 13.1 Å². The fourth-order valence-electron chi connectivity index (χ4n) is 2.48. The normalized spacial score (nSPS) is 20.8. The number of piperidine rings is 1. The van der Waals surface area contributed by atoms with Gasteiger partial charge in [-0.15, -0.1) is 0 Å². The van der Waals surface area contributed by atoms with E-state index in [-0.39, 0.29) is 18.4 Å². The molecule has 0 aromatic rings. The summed E-state index contributed by atoms with van der Waals surface area (Å²) in [5, 5.41) is 14.8. The predicted octanol–water partition coefficient (Wildman–Crippen LogP) is 1.53. The highest BCUT2D eigenvalue weighted by Gasteiger charge is 2.20. The maximum Gasteiger partial charge on any atom is 0.303 e. The Morgan fingerprint density at radius 1 is 1.37 bits per heavy atom. The Labute approximate surface area is 115 Å². The Hall–Kier alpha value is -1.10. The summed E-state index contributed by atoms with van der Waals surface area (Å²) in [6.07, 6.45) is 5.92. The van der Waals surface area contributed by atoms with E-state index in [1.165, 1.54) is 0 Å². The van der Waals surface area contributed by atoms with Gasteiger partial charge in [0.25, 0.3) is 0 Å². The molecule has 110 valence electrons. The fourth-order valence-corrected chi connectivity index (χ4v) is 2.48. The van der Waals surface area contributed by atoms with Gasteiger partial charge in [-0.05, 0) is 38.1 Å². The average Bonchev–Trinajstić information content (AvgIpc) is 2.43. The minimum atomic E-state index is -0.742. The van der Waals surface area contributed by atoms with Crippen molar-refractivity contribution in [1.82, 2.24) is 10.6 Å². The molecule has 0 spiro atoms. The molecular formula is C14H26N2O3. The monoisotopic (exact) mass is 270 g/mol. The van der Waals surface area contributed by atoms with Crippen LogP contribution >= 0.6 is 0 Å². The van der Waals surface area contributed by atoms with E-state index in [2.05, 4.69) is 17.6 Å². The Bertz CT molecular complexity index is 288. The maximum absolute atomic E-state index is 11.9. The van der Waals surface area contributed by atoms with Gasteiger partial charge in [-0.1, -0.05) is 19.8 Å². The van der Waals surface area contributed by atoms with Gasteiger partial charge in [0, 0.05) is 13.0 Å². The highest BCUT2D eigenvalue weighted by Crippen LogP contribution is 2.14. The van der Waals surface area contributed by atoms with Crippen molar-refractivity contribution < 1.29 is 14.7 Å². The van der Waals surface area contributed by atoms with Gasteiger partial charge < -0.3 is 15.7 Å². The number of carboxylic acid groups (broad SMARTS) is 1. The fraction of sp³-hybridized carbons (Fsp3) is 0.857. The molecule has 1 rings (SSSR count). The van der Waals surface area contributed by atoms with Gasteiger partial charge in [0.15, 0.2) is 0 Å². The summed E-state index contributed by atoms with van der Waals surface area (Å²) in [6, 6.07) is -0.0344. The van der Waals surface area contributed by atoms with Crippen LogP contribution in [0, 0.1) is 5.92 Å². The molecule has 2 atom stereocenters. The summed E-state index contributed by atoms with van der Waals surface area (Å²) < 4.78 is 0. The summed E-state index contributed by atoms with van der Waals surface area (Å²) in [7, 11) is 0. The molecule has 5 nitrogen and oxygen atoms in total. The number of carbonyl (C=O) groups excluding carboxylic acids is 1. The highest BCUT2D eigenvalue weighted by atomic mass is 16.4. The van der Waals surface area contributed by atoms with Gasteiger partial charge in [0.1, 0.15) is 0 Å². The molecule has 1 fully saturated rings. The molecule has 0 aromatic carbocycles. The Morgan fingerprint density at radius 3 is 2.74 bits per heavy atom. The van der Waals surface area contributed by atoms with E-state index in [4.69, 9.17) is 5.11 Å². The van der Waals surface area contributed by atoms with Gasteiger partial charge in [-0.3, -0.25) is 9.59 Å². The lowest BCUT2D eigenvalue weighted by atomic mass is 9.96. The first-order valence-corrected chi connectivity index (χ1v) is 7.36. The largest absolute Gasteiger partial charge is 0.481 e. The molecule has 3 N–H and O–H groups in total. The molecule has 1 saturated heterocycles. The summed E-state index contributed by atoms with van der Waals surface area (Å²) in [4.78, 5) is 22.4. The van der Waals surface area contributed by atoms with Gasteiger partial charge >= 0.3 is 5.97 Å². The number of hydrogen-bond donors (Lipinski definition) is 3. The second-order valence-electron chi connectivity index (χ2n) is 5.29. The van der Waals surface area contributed by atoms with E-state index in [0.29, 0.717) is 18.9 Å². The van der Waals surface area contributed by atoms with E-state index in [1.54, 1.807) is 0 Å². The zero-order chi connectivity index (χ0) is 14.1. The molecule has 19 heavy (non-hydrogen) atoms. The quantitative estimate of drug-likeness (QED) is 0.625. The highest BCUT2D eigenvalue weighted by molar-refractivity contribution is 5.81. The van der Waals surface area contributed by atoms with Crippen LogP contribution in [-0.2, 0) is 9.59 Å². The number of rotatable bonds is 8. The first-order valence-electron chi connectivity index (χ1n) is 7.36. The number of hydrogen-bond acceptors (Lipinski definition) is 3. The smallest absolute Gasteiger partial charge is 0.303 e. The van der Waals surface area contributed by atoms with Crippen LogP contribution in [0.2, 0.25) is 0 Å². The van der Waals surface area contributed by atoms with Crippen LogP contribution in [0.5, 0.6) is 0 Å². The SMILES string of the molecule is CCC(CCNC(=O)[C@H]1CCCCN1)CCC(=O)O. The number of amides is 1. The third-order valence-corrected chi connectivity index (χ3v) is 3.82. The molecule has 1 heterocycles. The van der Waals surface area contributed by atoms with Gasteiger partial charge in [-0.25, -0.2) is 0 Å². The van der Waals surface area contributed by atoms with E-state index in [9.17, 15) is 9.59 Å². The van der Waals surface area contributed by atoms with Gasteiger partial charge in [0.05, 0.1) is 6.04 Å². The minimum Gasteiger partial charge on any atom is -0.481 e. The molecule has 1 aliphatic rings. The molecule has 1 unspecified atom stereocenters. The van der Waals surface area contributed by atoms with E-state index in [0.717, 1.165) is 38.6 Å². The van der Waals surface area contributed by atoms with Crippen molar-refractivity contribution in [3.63, 3.8) is 0 Å². The third kappa shape index (κ3) is 6.57. The summed E-state index contributed by atoms with van der Waals surface area (Å²) in [5.41, 5.74) is 0. The van der Waals surface area contributed by atoms with Crippen molar-refractivity contribution >= 4 is 11.9 Å². The van der Waals surface area contributed by atoms with Crippen molar-refractivity contribution in [1.29, 1.82) is 0 Å². The molecular weight excluding hydrogens is 244 g/mol. The maximum atomic E-state index is 11.9. The van der Waals surface area contributed by atoms with Crippen LogP contribution in [0.25, 0.3) is 0 Å². The Balaban J connectivity index is 2.16. The predicted molar refractivity (Wildman–Crippen MR) is 73.9 cm³/mol. The van der Waals surface area contributed by atoms with Crippen LogP contribution in [-0.4, -0.2) is 36.1 Å². The van der Waals surface area contributed by atoms with Gasteiger partial charge in [0.2, 0.25) is 5.91 Å². The minimum absolute atomic E-state index is 0.0344. The lowest BCUT2D eigenvalue weighted by Crippen LogP contribution is -2.46. The van der Waals surface area contributed by atoms with Gasteiger partial charge in [-0.2, -0.15) is 0 Å². The standard InChI is InChI=1S/C14H26N2O3/c1-2-11(6-7-13(17)18)8-10-16-14(19)12-5-3-4-9-15-12/h11-12,15H,2-10H2,1H3,(H,16,19)(H,17,18)/t11?,12-/m1/s1. The molecule has 0 radical (unpaired) electrons. The van der Waals surface area contributed by atoms with Crippen molar-refractivity contribution in [3.05, 3.63) is 0 Å². The van der Waals surface area contributed by atoms with Crippen molar-refractivity contribution in [2.45, 2.75) is 57.9 Å². The first kappa shape index (κ1) is 16.0. The van der Waals surface area contributed by atoms with E-state index in [1.807, 2.05) is 0 Å². The van der Waals surface area contributed by atoms with Crippen LogP contribution in [0.15, 0.2) is 0 Å². The lowest BCUT2D eigenvalue weighted by Gasteiger charge is -2.23. The molecule has 0 saturated carbocycles. The summed E-state index contributed by atoms with van der Waals surface area (Å²) in [5.74, 6) is -0.266. The number of carboxylic acids is 1. The molecule has 5 heteroatoms. The van der Waals surface area contributed by atoms with Crippen LogP contribution in [0.1, 0.15) is 51.9 Å². The molecule has 1 amide bonds. The topological polar surface area (TPSA) is 78.4 Å². The van der Waals surface area contributed by atoms with E-state index < -0.39 is 5.97 Å². The van der Waals surface area contributed by atoms with Crippen LogP contribution < -0.4 is 10.6 Å². The Morgan fingerprint density at radius 2 is 2.16 bits per heavy atom. The molecule has 0 aliphatic carbocycles. The van der Waals surface area contributed by atoms with E-state index >= 15 is 0 Å². The summed E-state index contributed by atoms with van der Waals surface area (Å²) in [6.45, 7) is 3.64. The van der Waals surface area contributed by atoms with Crippen molar-refractivity contribution in [3.8, 4) is 0 Å². The number of carbonyl (C=O) groups is 2. The molecule has 0 bridgehead atoms.